The first-order valence-electron chi connectivity index (χ1n) is 5.70. The second-order valence-electron chi connectivity index (χ2n) is 4.13. The van der Waals surface area contributed by atoms with Gasteiger partial charge in [-0.2, -0.15) is 0 Å². The van der Waals surface area contributed by atoms with Gasteiger partial charge in [0.2, 0.25) is 15.9 Å². The molecule has 0 saturated carbocycles. The lowest BCUT2D eigenvalue weighted by molar-refractivity contribution is -0.125. The molecule has 1 amide bonds. The van der Waals surface area contributed by atoms with E-state index in [2.05, 4.69) is 5.32 Å². The fraction of sp³-hybridized carbons (Fsp3) is 0.900. The van der Waals surface area contributed by atoms with Crippen molar-refractivity contribution < 1.29 is 13.2 Å². The predicted octanol–water partition coefficient (Wildman–Crippen LogP) is 0.184. The molecular weight excluding hydrogens is 228 g/mol. The van der Waals surface area contributed by atoms with Crippen molar-refractivity contribution in [3.05, 3.63) is 0 Å². The van der Waals surface area contributed by atoms with Gasteiger partial charge in [-0.3, -0.25) is 4.79 Å². The van der Waals surface area contributed by atoms with Gasteiger partial charge in [-0.25, -0.2) is 12.7 Å². The molecule has 0 bridgehead atoms. The number of carbonyl (C=O) groups is 1. The minimum Gasteiger partial charge on any atom is -0.359 e. The molecule has 1 heterocycles. The molecule has 1 atom stereocenters. The Morgan fingerprint density at radius 1 is 1.50 bits per heavy atom. The quantitative estimate of drug-likeness (QED) is 0.772. The molecule has 1 saturated heterocycles. The Kier molecular flexibility index (Phi) is 4.73. The van der Waals surface area contributed by atoms with Crippen molar-refractivity contribution in [2.75, 3.05) is 25.9 Å². The third-order valence-corrected chi connectivity index (χ3v) is 4.90. The molecule has 0 unspecified atom stereocenters. The van der Waals surface area contributed by atoms with E-state index in [1.807, 2.05) is 6.92 Å². The molecule has 0 aromatic rings. The van der Waals surface area contributed by atoms with Crippen molar-refractivity contribution >= 4 is 15.9 Å². The summed E-state index contributed by atoms with van der Waals surface area (Å²) < 4.78 is 25.1. The largest absolute Gasteiger partial charge is 0.359 e. The first-order chi connectivity index (χ1) is 7.51. The second kappa shape index (κ2) is 5.63. The maximum absolute atomic E-state index is 11.8. The van der Waals surface area contributed by atoms with Gasteiger partial charge in [0.05, 0.1) is 11.7 Å². The molecule has 1 N–H and O–H groups in total. The van der Waals surface area contributed by atoms with Crippen LogP contribution in [0.25, 0.3) is 0 Å². The van der Waals surface area contributed by atoms with Crippen LogP contribution in [0.4, 0.5) is 0 Å². The molecular formula is C10H20N2O3S. The zero-order chi connectivity index (χ0) is 12.2. The lowest BCUT2D eigenvalue weighted by atomic mass is 9.99. The third kappa shape index (κ3) is 3.18. The van der Waals surface area contributed by atoms with Crippen LogP contribution in [-0.4, -0.2) is 44.5 Å². The fourth-order valence-corrected chi connectivity index (χ4v) is 3.59. The van der Waals surface area contributed by atoms with Crippen molar-refractivity contribution in [1.82, 2.24) is 9.62 Å². The van der Waals surface area contributed by atoms with Crippen LogP contribution in [0, 0.1) is 5.92 Å². The summed E-state index contributed by atoms with van der Waals surface area (Å²) in [5.74, 6) is -0.0743. The molecule has 0 aromatic heterocycles. The number of rotatable bonds is 4. The predicted molar refractivity (Wildman–Crippen MR) is 62.4 cm³/mol. The van der Waals surface area contributed by atoms with E-state index in [-0.39, 0.29) is 17.6 Å². The maximum atomic E-state index is 11.8. The summed E-state index contributed by atoms with van der Waals surface area (Å²) in [6.07, 6.45) is 2.16. The smallest absolute Gasteiger partial charge is 0.224 e. The monoisotopic (exact) mass is 248 g/mol. The molecule has 1 fully saturated rings. The van der Waals surface area contributed by atoms with E-state index in [0.717, 1.165) is 12.8 Å². The van der Waals surface area contributed by atoms with E-state index in [1.165, 1.54) is 4.31 Å². The molecule has 94 valence electrons. The Balaban J connectivity index is 2.67. The van der Waals surface area contributed by atoms with E-state index >= 15 is 0 Å². The van der Waals surface area contributed by atoms with Gasteiger partial charge in [0.15, 0.2) is 0 Å². The van der Waals surface area contributed by atoms with Crippen molar-refractivity contribution in [3.8, 4) is 0 Å². The summed E-state index contributed by atoms with van der Waals surface area (Å²) in [5, 5.41) is 2.58. The van der Waals surface area contributed by atoms with Crippen LogP contribution in [0.3, 0.4) is 0 Å². The maximum Gasteiger partial charge on any atom is 0.224 e. The van der Waals surface area contributed by atoms with Crippen LogP contribution in [0.1, 0.15) is 26.2 Å². The highest BCUT2D eigenvalue weighted by molar-refractivity contribution is 7.89. The Bertz CT molecular complexity index is 340. The Morgan fingerprint density at radius 2 is 2.19 bits per heavy atom. The number of hydrogen-bond acceptors (Lipinski definition) is 3. The molecule has 1 aliphatic heterocycles. The number of sulfonamides is 1. The highest BCUT2D eigenvalue weighted by Gasteiger charge is 2.31. The summed E-state index contributed by atoms with van der Waals surface area (Å²) in [5.41, 5.74) is 0. The van der Waals surface area contributed by atoms with Gasteiger partial charge in [0.1, 0.15) is 0 Å². The SMILES string of the molecule is CCCS(=O)(=O)N1CCC[C@@H](C(=O)NC)C1. The molecule has 6 heteroatoms. The Morgan fingerprint density at radius 3 is 2.75 bits per heavy atom. The number of carbonyl (C=O) groups excluding carboxylic acids is 1. The zero-order valence-corrected chi connectivity index (χ0v) is 10.7. The first-order valence-corrected chi connectivity index (χ1v) is 7.31. The minimum atomic E-state index is -3.15. The van der Waals surface area contributed by atoms with Crippen molar-refractivity contribution in [2.45, 2.75) is 26.2 Å². The second-order valence-corrected chi connectivity index (χ2v) is 6.22. The van der Waals surface area contributed by atoms with E-state index < -0.39 is 10.0 Å². The number of piperidine rings is 1. The normalized spacial score (nSPS) is 23.0. The van der Waals surface area contributed by atoms with Crippen LogP contribution in [0.15, 0.2) is 0 Å². The molecule has 1 aliphatic rings. The van der Waals surface area contributed by atoms with Gasteiger partial charge in [-0.15, -0.1) is 0 Å². The van der Waals surface area contributed by atoms with Crippen LogP contribution in [-0.2, 0) is 14.8 Å². The standard InChI is InChI=1S/C10H20N2O3S/c1-3-7-16(14,15)12-6-4-5-9(8-12)10(13)11-2/h9H,3-8H2,1-2H3,(H,11,13)/t9-/m1/s1. The Labute approximate surface area is 97.2 Å². The topological polar surface area (TPSA) is 66.5 Å². The van der Waals surface area contributed by atoms with Gasteiger partial charge in [0, 0.05) is 20.1 Å². The highest BCUT2D eigenvalue weighted by Crippen LogP contribution is 2.19. The van der Waals surface area contributed by atoms with E-state index in [1.54, 1.807) is 7.05 Å². The summed E-state index contributed by atoms with van der Waals surface area (Å²) >= 11 is 0. The highest BCUT2D eigenvalue weighted by atomic mass is 32.2. The van der Waals surface area contributed by atoms with E-state index in [9.17, 15) is 13.2 Å². The van der Waals surface area contributed by atoms with Gasteiger partial charge < -0.3 is 5.32 Å². The van der Waals surface area contributed by atoms with Crippen LogP contribution in [0.5, 0.6) is 0 Å². The van der Waals surface area contributed by atoms with E-state index in [0.29, 0.717) is 19.5 Å². The number of nitrogens with zero attached hydrogens (tertiary/aromatic N) is 1. The van der Waals surface area contributed by atoms with Crippen molar-refractivity contribution in [2.24, 2.45) is 5.92 Å². The lowest BCUT2D eigenvalue weighted by Gasteiger charge is -2.30. The van der Waals surface area contributed by atoms with Crippen molar-refractivity contribution in [3.63, 3.8) is 0 Å². The molecule has 0 aromatic carbocycles. The van der Waals surface area contributed by atoms with Gasteiger partial charge >= 0.3 is 0 Å². The van der Waals surface area contributed by atoms with Crippen molar-refractivity contribution in [1.29, 1.82) is 0 Å². The van der Waals surface area contributed by atoms with Gasteiger partial charge in [-0.1, -0.05) is 6.92 Å². The van der Waals surface area contributed by atoms with Crippen LogP contribution in [0.2, 0.25) is 0 Å². The summed E-state index contributed by atoms with van der Waals surface area (Å²) in [7, 11) is -1.57. The fourth-order valence-electron chi connectivity index (χ4n) is 2.00. The third-order valence-electron chi connectivity index (χ3n) is 2.86. The van der Waals surface area contributed by atoms with Gasteiger partial charge in [-0.05, 0) is 19.3 Å². The average Bonchev–Trinajstić information content (AvgIpc) is 2.28. The molecule has 1 rings (SSSR count). The molecule has 0 aliphatic carbocycles. The summed E-state index contributed by atoms with van der Waals surface area (Å²) in [6.45, 7) is 2.73. The van der Waals surface area contributed by atoms with Crippen LogP contribution < -0.4 is 5.32 Å². The van der Waals surface area contributed by atoms with Gasteiger partial charge in [0.25, 0.3) is 0 Å². The number of amides is 1. The number of hydrogen-bond donors (Lipinski definition) is 1. The average molecular weight is 248 g/mol. The molecule has 0 radical (unpaired) electrons. The molecule has 16 heavy (non-hydrogen) atoms. The zero-order valence-electron chi connectivity index (χ0n) is 9.90. The Hall–Kier alpha value is -0.620. The minimum absolute atomic E-state index is 0.0589. The van der Waals surface area contributed by atoms with E-state index in [4.69, 9.17) is 0 Å². The number of nitrogens with one attached hydrogen (secondary N) is 1. The lowest BCUT2D eigenvalue weighted by Crippen LogP contribution is -2.45. The summed E-state index contributed by atoms with van der Waals surface area (Å²) in [4.78, 5) is 11.5. The molecule has 0 spiro atoms. The molecule has 5 nitrogen and oxygen atoms in total. The first kappa shape index (κ1) is 13.4. The summed E-state index contributed by atoms with van der Waals surface area (Å²) in [6, 6.07) is 0. The van der Waals surface area contributed by atoms with Crippen LogP contribution >= 0.6 is 0 Å².